The Morgan fingerprint density at radius 2 is 1.70 bits per heavy atom. The fraction of sp³-hybridized carbons (Fsp3) is 0.500. The summed E-state index contributed by atoms with van der Waals surface area (Å²) in [6, 6.07) is 4.14. The number of anilines is 1. The van der Waals surface area contributed by atoms with Crippen LogP contribution in [-0.4, -0.2) is 49.0 Å². The second-order valence-electron chi connectivity index (χ2n) is 4.54. The first-order valence-corrected chi connectivity index (χ1v) is 9.88. The zero-order valence-corrected chi connectivity index (χ0v) is 13.5. The lowest BCUT2D eigenvalue weighted by molar-refractivity contribution is 0.599. The number of benzene rings is 1. The van der Waals surface area contributed by atoms with Crippen molar-refractivity contribution in [2.24, 2.45) is 5.73 Å². The van der Waals surface area contributed by atoms with Crippen molar-refractivity contribution in [2.45, 2.75) is 16.7 Å². The number of rotatable bonds is 6. The summed E-state index contributed by atoms with van der Waals surface area (Å²) >= 11 is 0. The SMILES string of the molecule is CCN(CCN)c1ccc(S(C)(=O)=O)cc1S(C)(=O)=O. The third-order valence-electron chi connectivity index (χ3n) is 2.88. The van der Waals surface area contributed by atoms with Crippen molar-refractivity contribution < 1.29 is 16.8 Å². The minimum absolute atomic E-state index is 0.00882. The minimum atomic E-state index is -3.54. The van der Waals surface area contributed by atoms with E-state index in [1.807, 2.05) is 11.8 Å². The molecule has 6 nitrogen and oxygen atoms in total. The number of sulfone groups is 2. The molecule has 2 N–H and O–H groups in total. The minimum Gasteiger partial charge on any atom is -0.369 e. The molecule has 0 atom stereocenters. The maximum absolute atomic E-state index is 11.9. The zero-order valence-electron chi connectivity index (χ0n) is 11.8. The van der Waals surface area contributed by atoms with Gasteiger partial charge in [0.25, 0.3) is 0 Å². The van der Waals surface area contributed by atoms with Gasteiger partial charge >= 0.3 is 0 Å². The lowest BCUT2D eigenvalue weighted by Gasteiger charge is -2.24. The molecular weight excluding hydrogens is 300 g/mol. The summed E-state index contributed by atoms with van der Waals surface area (Å²) in [5.41, 5.74) is 5.99. The predicted molar refractivity (Wildman–Crippen MR) is 79.6 cm³/mol. The Morgan fingerprint density at radius 1 is 1.10 bits per heavy atom. The van der Waals surface area contributed by atoms with Gasteiger partial charge < -0.3 is 10.6 Å². The van der Waals surface area contributed by atoms with Gasteiger partial charge in [0.1, 0.15) is 0 Å². The normalized spacial score (nSPS) is 12.4. The van der Waals surface area contributed by atoms with Crippen LogP contribution in [0.2, 0.25) is 0 Å². The summed E-state index contributed by atoms with van der Waals surface area (Å²) in [5.74, 6) is 0. The summed E-state index contributed by atoms with van der Waals surface area (Å²) in [5, 5.41) is 0. The van der Waals surface area contributed by atoms with Gasteiger partial charge in [0, 0.05) is 32.1 Å². The standard InChI is InChI=1S/C12H20N2O4S2/c1-4-14(8-7-13)11-6-5-10(19(2,15)16)9-12(11)20(3,17)18/h5-6,9H,4,7-8,13H2,1-3H3. The second kappa shape index (κ2) is 6.11. The number of nitrogens with zero attached hydrogens (tertiary/aromatic N) is 1. The molecule has 0 amide bonds. The van der Waals surface area contributed by atoms with Gasteiger partial charge in [-0.2, -0.15) is 0 Å². The van der Waals surface area contributed by atoms with Gasteiger partial charge in [0.2, 0.25) is 0 Å². The molecule has 20 heavy (non-hydrogen) atoms. The summed E-state index contributed by atoms with van der Waals surface area (Å²) in [7, 11) is -6.99. The number of likely N-dealkylation sites (N-methyl/N-ethyl adjacent to an activating group) is 1. The Kier molecular flexibility index (Phi) is 5.17. The van der Waals surface area contributed by atoms with Crippen LogP contribution in [0.5, 0.6) is 0 Å². The Hall–Kier alpha value is -1.12. The van der Waals surface area contributed by atoms with Crippen molar-refractivity contribution in [3.8, 4) is 0 Å². The van der Waals surface area contributed by atoms with Crippen LogP contribution in [0.25, 0.3) is 0 Å². The molecule has 8 heteroatoms. The van der Waals surface area contributed by atoms with Crippen molar-refractivity contribution in [3.63, 3.8) is 0 Å². The van der Waals surface area contributed by atoms with Crippen molar-refractivity contribution in [3.05, 3.63) is 18.2 Å². The molecule has 1 aromatic rings. The van der Waals surface area contributed by atoms with Gasteiger partial charge in [-0.1, -0.05) is 0 Å². The predicted octanol–water partition coefficient (Wildman–Crippen LogP) is 0.279. The molecule has 0 saturated carbocycles. The van der Waals surface area contributed by atoms with Gasteiger partial charge in [0.15, 0.2) is 19.7 Å². The molecule has 114 valence electrons. The first-order valence-electron chi connectivity index (χ1n) is 6.10. The molecular formula is C12H20N2O4S2. The van der Waals surface area contributed by atoms with Gasteiger partial charge in [-0.15, -0.1) is 0 Å². The molecule has 0 aromatic heterocycles. The lowest BCUT2D eigenvalue weighted by atomic mass is 10.3. The molecule has 0 aliphatic carbocycles. The van der Waals surface area contributed by atoms with Crippen LogP contribution in [0.3, 0.4) is 0 Å². The lowest BCUT2D eigenvalue weighted by Crippen LogP contribution is -2.30. The van der Waals surface area contributed by atoms with Crippen molar-refractivity contribution >= 4 is 25.4 Å². The smallest absolute Gasteiger partial charge is 0.177 e. The summed E-state index contributed by atoms with van der Waals surface area (Å²) in [4.78, 5) is 1.81. The fourth-order valence-electron chi connectivity index (χ4n) is 1.89. The van der Waals surface area contributed by atoms with E-state index in [-0.39, 0.29) is 9.79 Å². The van der Waals surface area contributed by atoms with Crippen molar-refractivity contribution in [1.82, 2.24) is 0 Å². The summed E-state index contributed by atoms with van der Waals surface area (Å²) < 4.78 is 46.9. The zero-order chi connectivity index (χ0) is 15.6. The van der Waals surface area contributed by atoms with E-state index in [4.69, 9.17) is 5.73 Å². The second-order valence-corrected chi connectivity index (χ2v) is 8.54. The van der Waals surface area contributed by atoms with Crippen LogP contribution >= 0.6 is 0 Å². The van der Waals surface area contributed by atoms with Gasteiger partial charge in [0.05, 0.1) is 15.5 Å². The summed E-state index contributed by atoms with van der Waals surface area (Å²) in [6.45, 7) is 3.34. The monoisotopic (exact) mass is 320 g/mol. The van der Waals surface area contributed by atoms with Crippen LogP contribution < -0.4 is 10.6 Å². The Bertz CT molecular complexity index is 681. The van der Waals surface area contributed by atoms with Crippen LogP contribution in [0.4, 0.5) is 5.69 Å². The molecule has 0 heterocycles. The maximum atomic E-state index is 11.9. The molecule has 0 spiro atoms. The van der Waals surface area contributed by atoms with E-state index in [9.17, 15) is 16.8 Å². The van der Waals surface area contributed by atoms with Crippen LogP contribution in [-0.2, 0) is 19.7 Å². The van der Waals surface area contributed by atoms with E-state index in [0.717, 1.165) is 12.5 Å². The summed E-state index contributed by atoms with van der Waals surface area (Å²) in [6.07, 6.45) is 2.11. The first kappa shape index (κ1) is 16.9. The average Bonchev–Trinajstić information content (AvgIpc) is 2.33. The molecule has 1 rings (SSSR count). The van der Waals surface area contributed by atoms with E-state index in [1.54, 1.807) is 0 Å². The van der Waals surface area contributed by atoms with E-state index in [2.05, 4.69) is 0 Å². The molecule has 0 saturated heterocycles. The quantitative estimate of drug-likeness (QED) is 0.808. The van der Waals surface area contributed by atoms with E-state index >= 15 is 0 Å². The Labute approximate surface area is 120 Å². The van der Waals surface area contributed by atoms with Gasteiger partial charge in [-0.3, -0.25) is 0 Å². The number of hydrogen-bond acceptors (Lipinski definition) is 6. The molecule has 0 aliphatic rings. The van der Waals surface area contributed by atoms with E-state index < -0.39 is 19.7 Å². The van der Waals surface area contributed by atoms with Crippen molar-refractivity contribution in [2.75, 3.05) is 37.0 Å². The molecule has 1 aromatic carbocycles. The number of nitrogens with two attached hydrogens (primary N) is 1. The number of hydrogen-bond donors (Lipinski definition) is 1. The first-order chi connectivity index (χ1) is 9.11. The van der Waals surface area contributed by atoms with Crippen LogP contribution in [0, 0.1) is 0 Å². The Morgan fingerprint density at radius 3 is 2.10 bits per heavy atom. The molecule has 0 bridgehead atoms. The molecule has 0 fully saturated rings. The van der Waals surface area contributed by atoms with E-state index in [0.29, 0.717) is 25.3 Å². The highest BCUT2D eigenvalue weighted by Gasteiger charge is 2.20. The third kappa shape index (κ3) is 3.94. The van der Waals surface area contributed by atoms with Crippen LogP contribution in [0.15, 0.2) is 28.0 Å². The van der Waals surface area contributed by atoms with E-state index in [1.165, 1.54) is 18.2 Å². The average molecular weight is 320 g/mol. The third-order valence-corrected chi connectivity index (χ3v) is 5.12. The highest BCUT2D eigenvalue weighted by molar-refractivity contribution is 7.91. The van der Waals surface area contributed by atoms with Gasteiger partial charge in [-0.25, -0.2) is 16.8 Å². The molecule has 0 radical (unpaired) electrons. The fourth-order valence-corrected chi connectivity index (χ4v) is 3.53. The van der Waals surface area contributed by atoms with Crippen LogP contribution in [0.1, 0.15) is 6.92 Å². The highest BCUT2D eigenvalue weighted by atomic mass is 32.2. The molecule has 0 aliphatic heterocycles. The van der Waals surface area contributed by atoms with Gasteiger partial charge in [-0.05, 0) is 25.1 Å². The maximum Gasteiger partial charge on any atom is 0.177 e. The Balaban J connectivity index is 3.54. The topological polar surface area (TPSA) is 97.5 Å². The van der Waals surface area contributed by atoms with Crippen molar-refractivity contribution in [1.29, 1.82) is 0 Å². The highest BCUT2D eigenvalue weighted by Crippen LogP contribution is 2.28. The largest absolute Gasteiger partial charge is 0.369 e. The molecule has 0 unspecified atom stereocenters.